The first-order valence-corrected chi connectivity index (χ1v) is 11.8. The van der Waals surface area contributed by atoms with Crippen LogP contribution in [0.15, 0.2) is 109 Å². The molecular weight excluding hydrogens is 388 g/mol. The lowest BCUT2D eigenvalue weighted by Crippen LogP contribution is -2.62. The number of nitrogens with zero attached hydrogens (tertiary/aromatic N) is 2. The summed E-state index contributed by atoms with van der Waals surface area (Å²) >= 11 is 0. The summed E-state index contributed by atoms with van der Waals surface area (Å²) in [6.07, 6.45) is 5.13. The molecule has 1 aliphatic carbocycles. The summed E-state index contributed by atoms with van der Waals surface area (Å²) < 4.78 is 0. The van der Waals surface area contributed by atoms with Crippen LogP contribution in [-0.4, -0.2) is 12.1 Å². The van der Waals surface area contributed by atoms with Gasteiger partial charge in [0.05, 0.1) is 23.5 Å². The largest absolute Gasteiger partial charge is 0.282 e. The minimum atomic E-state index is 0.580. The summed E-state index contributed by atoms with van der Waals surface area (Å²) in [4.78, 5) is 0. The molecule has 0 spiro atoms. The molecule has 0 aromatic heterocycles. The van der Waals surface area contributed by atoms with E-state index in [2.05, 4.69) is 119 Å². The maximum atomic E-state index is 2.57. The molecule has 4 aromatic carbocycles. The molecule has 2 aliphatic heterocycles. The van der Waals surface area contributed by atoms with E-state index in [1.807, 2.05) is 0 Å². The fourth-order valence-corrected chi connectivity index (χ4v) is 5.44. The number of fused-ring (bicyclic) bond motifs is 3. The van der Waals surface area contributed by atoms with Gasteiger partial charge in [-0.1, -0.05) is 84.9 Å². The van der Waals surface area contributed by atoms with Crippen molar-refractivity contribution in [3.63, 3.8) is 0 Å². The molecule has 0 unspecified atom stereocenters. The molecule has 2 bridgehead atoms. The Morgan fingerprint density at radius 3 is 1.03 bits per heavy atom. The van der Waals surface area contributed by atoms with E-state index >= 15 is 0 Å². The molecule has 0 atom stereocenters. The first-order chi connectivity index (χ1) is 15.9. The lowest BCUT2D eigenvalue weighted by Gasteiger charge is -2.55. The Labute approximate surface area is 190 Å². The Bertz CT molecular complexity index is 1060. The molecule has 0 radical (unpaired) electrons. The van der Waals surface area contributed by atoms with Gasteiger partial charge in [-0.2, -0.15) is 0 Å². The van der Waals surface area contributed by atoms with Crippen LogP contribution in [0.25, 0.3) is 22.3 Å². The highest BCUT2D eigenvalue weighted by Gasteiger charge is 2.40. The van der Waals surface area contributed by atoms with Crippen molar-refractivity contribution in [2.75, 3.05) is 10.0 Å². The minimum absolute atomic E-state index is 0.580. The third-order valence-electron chi connectivity index (χ3n) is 7.07. The molecule has 4 aromatic rings. The van der Waals surface area contributed by atoms with Crippen LogP contribution in [0.3, 0.4) is 0 Å². The van der Waals surface area contributed by atoms with Gasteiger partial charge in [-0.3, -0.25) is 10.0 Å². The second-order valence-corrected chi connectivity index (χ2v) is 8.98. The molecule has 0 N–H and O–H groups in total. The molecule has 0 amide bonds. The number of hydrogen-bond donors (Lipinski definition) is 0. The molecule has 7 rings (SSSR count). The number of hydrazine groups is 1. The number of rotatable bonds is 4. The van der Waals surface area contributed by atoms with Gasteiger partial charge in [0.1, 0.15) is 0 Å². The van der Waals surface area contributed by atoms with Gasteiger partial charge >= 0.3 is 0 Å². The van der Waals surface area contributed by atoms with Crippen LogP contribution < -0.4 is 10.0 Å². The maximum Gasteiger partial charge on any atom is 0.0578 e. The van der Waals surface area contributed by atoms with Crippen LogP contribution in [-0.2, 0) is 0 Å². The molecule has 158 valence electrons. The average molecular weight is 417 g/mol. The summed E-state index contributed by atoms with van der Waals surface area (Å²) in [5.74, 6) is 0. The van der Waals surface area contributed by atoms with Gasteiger partial charge in [0, 0.05) is 0 Å². The topological polar surface area (TPSA) is 6.48 Å². The van der Waals surface area contributed by atoms with Gasteiger partial charge in [-0.15, -0.1) is 0 Å². The van der Waals surface area contributed by atoms with Gasteiger partial charge in [-0.05, 0) is 72.2 Å². The Kier molecular flexibility index (Phi) is 4.92. The third kappa shape index (κ3) is 3.46. The van der Waals surface area contributed by atoms with Gasteiger partial charge in [-0.25, -0.2) is 0 Å². The van der Waals surface area contributed by atoms with Crippen LogP contribution in [0.2, 0.25) is 0 Å². The lowest BCUT2D eigenvalue weighted by atomic mass is 9.86. The van der Waals surface area contributed by atoms with Crippen LogP contribution in [0, 0.1) is 0 Å². The Balaban J connectivity index is 1.32. The smallest absolute Gasteiger partial charge is 0.0578 e. The summed E-state index contributed by atoms with van der Waals surface area (Å²) in [5.41, 5.74) is 7.68. The monoisotopic (exact) mass is 416 g/mol. The van der Waals surface area contributed by atoms with E-state index in [-0.39, 0.29) is 0 Å². The number of benzene rings is 4. The highest BCUT2D eigenvalue weighted by atomic mass is 15.7. The van der Waals surface area contributed by atoms with E-state index in [0.717, 1.165) is 0 Å². The molecule has 3 fully saturated rings. The molecule has 2 heteroatoms. The first kappa shape index (κ1) is 19.2. The van der Waals surface area contributed by atoms with E-state index in [0.29, 0.717) is 12.1 Å². The van der Waals surface area contributed by atoms with Crippen molar-refractivity contribution in [2.45, 2.75) is 37.8 Å². The lowest BCUT2D eigenvalue weighted by molar-refractivity contribution is 0.284. The normalized spacial score (nSPS) is 19.9. The Morgan fingerprint density at radius 2 is 0.688 bits per heavy atom. The molecule has 2 nitrogen and oxygen atoms in total. The highest BCUT2D eigenvalue weighted by molar-refractivity contribution is 5.70. The zero-order valence-corrected chi connectivity index (χ0v) is 18.3. The first-order valence-electron chi connectivity index (χ1n) is 11.8. The predicted molar refractivity (Wildman–Crippen MR) is 135 cm³/mol. The Hall–Kier alpha value is -3.52. The Morgan fingerprint density at radius 1 is 0.375 bits per heavy atom. The van der Waals surface area contributed by atoms with Gasteiger partial charge < -0.3 is 0 Å². The zero-order chi connectivity index (χ0) is 21.3. The van der Waals surface area contributed by atoms with Crippen molar-refractivity contribution >= 4 is 11.4 Å². The molecular formula is C30H28N2. The summed E-state index contributed by atoms with van der Waals surface area (Å²) in [5, 5.41) is 5.15. The molecule has 2 saturated heterocycles. The van der Waals surface area contributed by atoms with Crippen molar-refractivity contribution in [1.29, 1.82) is 0 Å². The minimum Gasteiger partial charge on any atom is -0.282 e. The van der Waals surface area contributed by atoms with Crippen LogP contribution in [0.1, 0.15) is 25.7 Å². The van der Waals surface area contributed by atoms with Crippen molar-refractivity contribution < 1.29 is 0 Å². The standard InChI is InChI=1S/C30H28N2/c1-3-7-23(8-4-1)25-11-15-27(16-12-25)31-29-19-21-30(22-20-29)32(31)28-17-13-26(14-18-28)24-9-5-2-6-10-24/h1-18,29-30H,19-22H2. The van der Waals surface area contributed by atoms with Gasteiger partial charge in [0.25, 0.3) is 0 Å². The van der Waals surface area contributed by atoms with Gasteiger partial charge in [0.2, 0.25) is 0 Å². The molecule has 32 heavy (non-hydrogen) atoms. The number of hydrogen-bond acceptors (Lipinski definition) is 2. The highest BCUT2D eigenvalue weighted by Crippen LogP contribution is 2.42. The van der Waals surface area contributed by atoms with Crippen LogP contribution in [0.4, 0.5) is 11.4 Å². The van der Waals surface area contributed by atoms with Crippen molar-refractivity contribution in [3.8, 4) is 22.3 Å². The van der Waals surface area contributed by atoms with E-state index in [1.165, 1.54) is 59.3 Å². The maximum absolute atomic E-state index is 2.57. The summed E-state index contributed by atoms with van der Waals surface area (Å²) in [7, 11) is 0. The van der Waals surface area contributed by atoms with Crippen molar-refractivity contribution in [2.24, 2.45) is 0 Å². The van der Waals surface area contributed by atoms with E-state index < -0.39 is 0 Å². The fraction of sp³-hybridized carbons (Fsp3) is 0.200. The zero-order valence-electron chi connectivity index (χ0n) is 18.3. The third-order valence-corrected chi connectivity index (χ3v) is 7.07. The van der Waals surface area contributed by atoms with E-state index in [9.17, 15) is 0 Å². The van der Waals surface area contributed by atoms with Gasteiger partial charge in [0.15, 0.2) is 0 Å². The van der Waals surface area contributed by atoms with E-state index in [4.69, 9.17) is 0 Å². The summed E-state index contributed by atoms with van der Waals surface area (Å²) in [6, 6.07) is 40.7. The van der Waals surface area contributed by atoms with Crippen LogP contribution >= 0.6 is 0 Å². The van der Waals surface area contributed by atoms with Crippen molar-refractivity contribution in [1.82, 2.24) is 0 Å². The van der Waals surface area contributed by atoms with Crippen LogP contribution in [0.5, 0.6) is 0 Å². The van der Waals surface area contributed by atoms with Crippen molar-refractivity contribution in [3.05, 3.63) is 109 Å². The fourth-order valence-electron chi connectivity index (χ4n) is 5.44. The molecule has 3 aliphatic rings. The molecule has 1 saturated carbocycles. The predicted octanol–water partition coefficient (Wildman–Crippen LogP) is 7.57. The average Bonchev–Trinajstić information content (AvgIpc) is 2.90. The second-order valence-electron chi connectivity index (χ2n) is 8.98. The SMILES string of the molecule is c1ccc(-c2ccc(N3C4CCC(CC4)N3c3ccc(-c4ccccc4)cc3)cc2)cc1. The quantitative estimate of drug-likeness (QED) is 0.338. The summed E-state index contributed by atoms with van der Waals surface area (Å²) in [6.45, 7) is 0. The van der Waals surface area contributed by atoms with E-state index in [1.54, 1.807) is 0 Å². The number of anilines is 2. The molecule has 2 heterocycles. The second kappa shape index (κ2) is 8.20.